The summed E-state index contributed by atoms with van der Waals surface area (Å²) < 4.78 is 0. The molecule has 1 aliphatic heterocycles. The molecule has 23 heavy (non-hydrogen) atoms. The Morgan fingerprint density at radius 3 is 3.13 bits per heavy atom. The molecular formula is C18H23N3OS. The van der Waals surface area contributed by atoms with Gasteiger partial charge in [-0.05, 0) is 43.7 Å². The molecule has 3 heterocycles. The number of nitrogens with one attached hydrogen (secondary N) is 1. The Morgan fingerprint density at radius 1 is 1.30 bits per heavy atom. The highest BCUT2D eigenvalue weighted by atomic mass is 32.2. The number of amides is 1. The first-order valence-electron chi connectivity index (χ1n) is 8.67. The topological polar surface area (TPSA) is 49.0 Å². The highest BCUT2D eigenvalue weighted by Gasteiger charge is 2.35. The zero-order chi connectivity index (χ0) is 15.6. The fourth-order valence-corrected chi connectivity index (χ4v) is 5.11. The van der Waals surface area contributed by atoms with E-state index in [1.54, 1.807) is 18.0 Å². The molecule has 1 saturated carbocycles. The van der Waals surface area contributed by atoms with Gasteiger partial charge in [0.1, 0.15) is 5.65 Å². The molecule has 2 aromatic rings. The molecule has 2 atom stereocenters. The van der Waals surface area contributed by atoms with Crippen LogP contribution >= 0.6 is 11.8 Å². The molecule has 2 aliphatic rings. The van der Waals surface area contributed by atoms with Crippen LogP contribution in [0.2, 0.25) is 0 Å². The van der Waals surface area contributed by atoms with Crippen LogP contribution in [-0.2, 0) is 4.79 Å². The van der Waals surface area contributed by atoms with Crippen LogP contribution in [0.4, 0.5) is 0 Å². The number of hydrogen-bond acceptors (Lipinski definition) is 3. The van der Waals surface area contributed by atoms with E-state index in [-0.39, 0.29) is 0 Å². The second-order valence-corrected chi connectivity index (χ2v) is 7.70. The first-order valence-corrected chi connectivity index (χ1v) is 9.66. The number of pyridine rings is 1. The fourth-order valence-electron chi connectivity index (χ4n) is 4.21. The minimum Gasteiger partial charge on any atom is -0.345 e. The SMILES string of the molecule is O=C(CSc1c[nH]c2ncccc12)N1CCCC2CCCCC21. The molecule has 2 fully saturated rings. The molecule has 0 spiro atoms. The van der Waals surface area contributed by atoms with Crippen LogP contribution in [0, 0.1) is 5.92 Å². The van der Waals surface area contributed by atoms with Gasteiger partial charge in [0.05, 0.1) is 5.75 Å². The predicted molar refractivity (Wildman–Crippen MR) is 93.5 cm³/mol. The van der Waals surface area contributed by atoms with Crippen LogP contribution in [0.25, 0.3) is 11.0 Å². The minimum atomic E-state index is 0.310. The van der Waals surface area contributed by atoms with E-state index >= 15 is 0 Å². The highest BCUT2D eigenvalue weighted by Crippen LogP contribution is 2.36. The van der Waals surface area contributed by atoms with E-state index in [1.807, 2.05) is 12.3 Å². The Morgan fingerprint density at radius 2 is 2.17 bits per heavy atom. The third-order valence-corrected chi connectivity index (χ3v) is 6.37. The number of carbonyl (C=O) groups is 1. The molecule has 1 amide bonds. The van der Waals surface area contributed by atoms with Crippen LogP contribution in [0.1, 0.15) is 38.5 Å². The Bertz CT molecular complexity index is 696. The zero-order valence-electron chi connectivity index (χ0n) is 13.3. The molecule has 2 unspecified atom stereocenters. The molecular weight excluding hydrogens is 306 g/mol. The standard InChI is InChI=1S/C18H23N3OS/c22-17(21-10-4-6-13-5-1-2-8-15(13)21)12-23-16-11-20-18-14(16)7-3-9-19-18/h3,7,9,11,13,15H,1-2,4-6,8,10,12H2,(H,19,20). The Labute approximate surface area is 141 Å². The van der Waals surface area contributed by atoms with Gasteiger partial charge in [-0.2, -0.15) is 0 Å². The molecule has 122 valence electrons. The van der Waals surface area contributed by atoms with Crippen LogP contribution in [0.5, 0.6) is 0 Å². The van der Waals surface area contributed by atoms with Crippen molar-refractivity contribution in [3.05, 3.63) is 24.5 Å². The number of rotatable bonds is 3. The van der Waals surface area contributed by atoms with E-state index in [2.05, 4.69) is 20.9 Å². The molecule has 1 aliphatic carbocycles. The maximum Gasteiger partial charge on any atom is 0.233 e. The van der Waals surface area contributed by atoms with E-state index in [0.717, 1.165) is 28.4 Å². The summed E-state index contributed by atoms with van der Waals surface area (Å²) in [6.07, 6.45) is 11.4. The van der Waals surface area contributed by atoms with Crippen molar-refractivity contribution in [3.8, 4) is 0 Å². The van der Waals surface area contributed by atoms with Gasteiger partial charge in [0.15, 0.2) is 0 Å². The number of H-pyrrole nitrogens is 1. The number of aromatic amines is 1. The second kappa shape index (κ2) is 6.56. The lowest BCUT2D eigenvalue weighted by Crippen LogP contribution is -2.50. The first kappa shape index (κ1) is 15.1. The van der Waals surface area contributed by atoms with Crippen LogP contribution in [0.3, 0.4) is 0 Å². The lowest BCUT2D eigenvalue weighted by Gasteiger charge is -2.44. The molecule has 0 bridgehead atoms. The average Bonchev–Trinajstić information content (AvgIpc) is 3.02. The quantitative estimate of drug-likeness (QED) is 0.871. The molecule has 4 rings (SSSR count). The normalized spacial score (nSPS) is 24.6. The van der Waals surface area contributed by atoms with E-state index in [1.165, 1.54) is 38.5 Å². The number of piperidine rings is 1. The van der Waals surface area contributed by atoms with E-state index in [0.29, 0.717) is 17.7 Å². The maximum absolute atomic E-state index is 12.8. The third-order valence-electron chi connectivity index (χ3n) is 5.33. The van der Waals surface area contributed by atoms with Crippen molar-refractivity contribution in [3.63, 3.8) is 0 Å². The Hall–Kier alpha value is -1.49. The summed E-state index contributed by atoms with van der Waals surface area (Å²) in [4.78, 5) is 23.6. The maximum atomic E-state index is 12.8. The Kier molecular flexibility index (Phi) is 4.29. The summed E-state index contributed by atoms with van der Waals surface area (Å²) >= 11 is 1.64. The smallest absolute Gasteiger partial charge is 0.233 e. The molecule has 4 nitrogen and oxygen atoms in total. The third kappa shape index (κ3) is 2.99. The van der Waals surface area contributed by atoms with Gasteiger partial charge in [-0.3, -0.25) is 4.79 Å². The number of nitrogens with zero attached hydrogens (tertiary/aromatic N) is 2. The van der Waals surface area contributed by atoms with Crippen molar-refractivity contribution in [2.24, 2.45) is 5.92 Å². The molecule has 0 radical (unpaired) electrons. The van der Waals surface area contributed by atoms with Crippen LogP contribution < -0.4 is 0 Å². The predicted octanol–water partition coefficient (Wildman–Crippen LogP) is 3.84. The van der Waals surface area contributed by atoms with Gasteiger partial charge in [-0.15, -0.1) is 11.8 Å². The van der Waals surface area contributed by atoms with Gasteiger partial charge < -0.3 is 9.88 Å². The highest BCUT2D eigenvalue weighted by molar-refractivity contribution is 8.00. The van der Waals surface area contributed by atoms with Gasteiger partial charge in [-0.25, -0.2) is 4.98 Å². The van der Waals surface area contributed by atoms with Crippen LogP contribution in [0.15, 0.2) is 29.4 Å². The summed E-state index contributed by atoms with van der Waals surface area (Å²) in [5.74, 6) is 1.60. The van der Waals surface area contributed by atoms with E-state index < -0.39 is 0 Å². The van der Waals surface area contributed by atoms with Crippen LogP contribution in [-0.4, -0.2) is 39.1 Å². The summed E-state index contributed by atoms with van der Waals surface area (Å²) in [6, 6.07) is 4.51. The number of thioether (sulfide) groups is 1. The summed E-state index contributed by atoms with van der Waals surface area (Å²) in [5.41, 5.74) is 0.896. The first-order chi connectivity index (χ1) is 11.3. The zero-order valence-corrected chi connectivity index (χ0v) is 14.1. The lowest BCUT2D eigenvalue weighted by atomic mass is 9.78. The van der Waals surface area contributed by atoms with Gasteiger partial charge in [-0.1, -0.05) is 12.8 Å². The fraction of sp³-hybridized carbons (Fsp3) is 0.556. The number of carbonyl (C=O) groups excluding carboxylic acids is 1. The minimum absolute atomic E-state index is 0.310. The average molecular weight is 329 g/mol. The summed E-state index contributed by atoms with van der Waals surface area (Å²) in [6.45, 7) is 0.954. The van der Waals surface area contributed by atoms with Crippen molar-refractivity contribution >= 4 is 28.7 Å². The van der Waals surface area contributed by atoms with Crippen molar-refractivity contribution in [1.82, 2.24) is 14.9 Å². The van der Waals surface area contributed by atoms with Crippen molar-refractivity contribution < 1.29 is 4.79 Å². The largest absolute Gasteiger partial charge is 0.345 e. The van der Waals surface area contributed by atoms with Gasteiger partial charge in [0, 0.05) is 35.3 Å². The monoisotopic (exact) mass is 329 g/mol. The number of likely N-dealkylation sites (tertiary alicyclic amines) is 1. The van der Waals surface area contributed by atoms with Crippen molar-refractivity contribution in [1.29, 1.82) is 0 Å². The summed E-state index contributed by atoms with van der Waals surface area (Å²) in [5, 5.41) is 1.11. The summed E-state index contributed by atoms with van der Waals surface area (Å²) in [7, 11) is 0. The van der Waals surface area contributed by atoms with Crippen molar-refractivity contribution in [2.75, 3.05) is 12.3 Å². The molecule has 2 aromatic heterocycles. The van der Waals surface area contributed by atoms with Gasteiger partial charge in [0.25, 0.3) is 0 Å². The van der Waals surface area contributed by atoms with E-state index in [9.17, 15) is 4.79 Å². The number of hydrogen-bond donors (Lipinski definition) is 1. The lowest BCUT2D eigenvalue weighted by molar-refractivity contribution is -0.134. The molecule has 5 heteroatoms. The van der Waals surface area contributed by atoms with E-state index in [4.69, 9.17) is 0 Å². The van der Waals surface area contributed by atoms with Gasteiger partial charge >= 0.3 is 0 Å². The molecule has 0 aromatic carbocycles. The van der Waals surface area contributed by atoms with Gasteiger partial charge in [0.2, 0.25) is 5.91 Å². The number of aromatic nitrogens is 2. The van der Waals surface area contributed by atoms with Crippen molar-refractivity contribution in [2.45, 2.75) is 49.5 Å². The second-order valence-electron chi connectivity index (χ2n) is 6.68. The number of fused-ring (bicyclic) bond motifs is 2. The molecule has 1 saturated heterocycles. The molecule has 1 N–H and O–H groups in total. The Balaban J connectivity index is 1.43.